The van der Waals surface area contributed by atoms with Crippen LogP contribution in [0.25, 0.3) is 0 Å². The normalized spacial score (nSPS) is 14.2. The molecule has 0 bridgehead atoms. The Balaban J connectivity index is 5.16. The molecule has 0 aliphatic heterocycles. The van der Waals surface area contributed by atoms with Crippen molar-refractivity contribution in [3.05, 3.63) is 97.2 Å². The molecule has 10 heteroatoms. The number of quaternary nitrogens is 1. The van der Waals surface area contributed by atoms with E-state index >= 15 is 0 Å². The molecule has 0 spiro atoms. The molecule has 0 aromatic heterocycles. The van der Waals surface area contributed by atoms with E-state index in [1.54, 1.807) is 0 Å². The summed E-state index contributed by atoms with van der Waals surface area (Å²) in [5, 5.41) is 3.07. The first-order chi connectivity index (χ1) is 40.4. The first kappa shape index (κ1) is 79.9. The summed E-state index contributed by atoms with van der Waals surface area (Å²) in [5.41, 5.74) is 0. The zero-order valence-electron chi connectivity index (χ0n) is 54.9. The van der Waals surface area contributed by atoms with Gasteiger partial charge in [0, 0.05) is 12.8 Å². The lowest BCUT2D eigenvalue weighted by molar-refractivity contribution is -0.870. The second kappa shape index (κ2) is 62.0. The molecule has 1 amide bonds. The summed E-state index contributed by atoms with van der Waals surface area (Å²) in [4.78, 5) is 37.9. The molecule has 0 radical (unpaired) electrons. The quantitative estimate of drug-likeness (QED) is 0.0205. The van der Waals surface area contributed by atoms with Crippen molar-refractivity contribution in [1.29, 1.82) is 0 Å². The monoisotopic (exact) mass is 1180 g/mol. The summed E-state index contributed by atoms with van der Waals surface area (Å²) in [7, 11) is 1.48. The van der Waals surface area contributed by atoms with Crippen LogP contribution in [-0.2, 0) is 27.9 Å². The Morgan fingerprint density at radius 1 is 0.434 bits per heavy atom. The van der Waals surface area contributed by atoms with Gasteiger partial charge in [-0.1, -0.05) is 279 Å². The van der Waals surface area contributed by atoms with Crippen LogP contribution in [0.4, 0.5) is 0 Å². The van der Waals surface area contributed by atoms with Gasteiger partial charge in [0.15, 0.2) is 0 Å². The number of unbranched alkanes of at least 4 members (excludes halogenated alkanes) is 32. The predicted molar refractivity (Wildman–Crippen MR) is 360 cm³/mol. The number of hydrogen-bond acceptors (Lipinski definition) is 6. The van der Waals surface area contributed by atoms with Crippen LogP contribution < -0.4 is 5.32 Å². The molecule has 3 unspecified atom stereocenters. The smallest absolute Gasteiger partial charge is 0.456 e. The molecule has 480 valence electrons. The molecule has 0 aliphatic carbocycles. The maximum Gasteiger partial charge on any atom is 0.472 e. The van der Waals surface area contributed by atoms with Gasteiger partial charge in [-0.3, -0.25) is 18.6 Å². The highest BCUT2D eigenvalue weighted by molar-refractivity contribution is 7.47. The lowest BCUT2D eigenvalue weighted by Crippen LogP contribution is -2.47. The van der Waals surface area contributed by atoms with E-state index < -0.39 is 20.0 Å². The van der Waals surface area contributed by atoms with Crippen molar-refractivity contribution in [1.82, 2.24) is 5.32 Å². The molecule has 0 saturated heterocycles. The number of hydrogen-bond donors (Lipinski definition) is 2. The van der Waals surface area contributed by atoms with Crippen LogP contribution in [0, 0.1) is 0 Å². The number of carbonyl (C=O) groups excluding carboxylic acids is 2. The molecule has 0 fully saturated rings. The Morgan fingerprint density at radius 2 is 0.771 bits per heavy atom. The molecule has 9 nitrogen and oxygen atoms in total. The average molecular weight is 1180 g/mol. The maximum atomic E-state index is 13.6. The molecule has 2 N–H and O–H groups in total. The van der Waals surface area contributed by atoms with Gasteiger partial charge < -0.3 is 19.4 Å². The highest BCUT2D eigenvalue weighted by Gasteiger charge is 2.30. The van der Waals surface area contributed by atoms with Gasteiger partial charge in [-0.2, -0.15) is 0 Å². The second-order valence-electron chi connectivity index (χ2n) is 24.3. The van der Waals surface area contributed by atoms with Gasteiger partial charge in [0.2, 0.25) is 5.91 Å². The molecule has 0 aromatic carbocycles. The van der Waals surface area contributed by atoms with Crippen molar-refractivity contribution in [3.8, 4) is 0 Å². The van der Waals surface area contributed by atoms with Crippen LogP contribution >= 0.6 is 7.82 Å². The third-order valence-corrected chi connectivity index (χ3v) is 16.0. The molecule has 0 saturated carbocycles. The van der Waals surface area contributed by atoms with Gasteiger partial charge in [-0.15, -0.1) is 0 Å². The van der Waals surface area contributed by atoms with Crippen LogP contribution in [0.3, 0.4) is 0 Å². The fourth-order valence-electron chi connectivity index (χ4n) is 9.70. The molecule has 0 rings (SSSR count). The van der Waals surface area contributed by atoms with Gasteiger partial charge in [-0.05, 0) is 109 Å². The molecule has 0 heterocycles. The fraction of sp³-hybridized carbons (Fsp3) is 0.753. The number of likely N-dealkylation sites (N-methyl/N-ethyl adjacent to an activating group) is 1. The Morgan fingerprint density at radius 3 is 1.18 bits per heavy atom. The molecule has 3 atom stereocenters. The van der Waals surface area contributed by atoms with Crippen LogP contribution in [0.15, 0.2) is 97.2 Å². The zero-order valence-corrected chi connectivity index (χ0v) is 55.8. The summed E-state index contributed by atoms with van der Waals surface area (Å²) in [5.74, 6) is -0.514. The lowest BCUT2D eigenvalue weighted by atomic mass is 10.0. The highest BCUT2D eigenvalue weighted by atomic mass is 31.2. The number of esters is 1. The van der Waals surface area contributed by atoms with Crippen molar-refractivity contribution >= 4 is 19.7 Å². The van der Waals surface area contributed by atoms with E-state index in [1.165, 1.54) is 148 Å². The number of nitrogens with zero attached hydrogens (tertiary/aromatic N) is 1. The second-order valence-corrected chi connectivity index (χ2v) is 25.8. The van der Waals surface area contributed by atoms with Crippen LogP contribution in [0.2, 0.25) is 0 Å². The molecular formula is C73H132N2O7P+. The van der Waals surface area contributed by atoms with E-state index in [0.29, 0.717) is 17.4 Å². The Kier molecular flexibility index (Phi) is 59.7. The lowest BCUT2D eigenvalue weighted by Gasteiger charge is -2.27. The summed E-state index contributed by atoms with van der Waals surface area (Å²) in [6, 6.07) is -0.859. The average Bonchev–Trinajstić information content (AvgIpc) is 3.46. The minimum absolute atomic E-state index is 0.0349. The Bertz CT molecular complexity index is 1740. The summed E-state index contributed by atoms with van der Waals surface area (Å²) < 4.78 is 30.8. The van der Waals surface area contributed by atoms with E-state index in [1.807, 2.05) is 33.3 Å². The van der Waals surface area contributed by atoms with Gasteiger partial charge in [-0.25, -0.2) is 4.57 Å². The van der Waals surface area contributed by atoms with Crippen LogP contribution in [0.5, 0.6) is 0 Å². The van der Waals surface area contributed by atoms with Gasteiger partial charge in [0.25, 0.3) is 0 Å². The standard InChI is InChI=1S/C73H131N2O7P/c1-7-10-13-16-19-22-25-28-30-32-34-35-36-37-38-39-41-43-45-48-51-54-57-60-63-66-73(77)82-71(64-61-58-55-52-49-46-27-24-21-18-15-12-9-3)70(69-81-83(78,79)80-68-67-75(4,5)6)74-72(76)65-62-59-56-53-50-47-44-42-40-33-31-29-26-23-20-17-14-11-8-2/h10,13,19-20,22-23,28-31,34-35,37-38,61,64,70-71H,7-9,11-12,14-18,21,24-27,32-33,36,39-60,62-63,65-69H2,1-6H3,(H-,74,76,78,79)/p+1/b13-10-,22-19-,23-20-,30-28-,31-29-,35-34-,38-37-,64-61-. The van der Waals surface area contributed by atoms with Gasteiger partial charge >= 0.3 is 13.8 Å². The summed E-state index contributed by atoms with van der Waals surface area (Å²) in [6.45, 7) is 6.89. The zero-order chi connectivity index (χ0) is 60.7. The number of amides is 1. The third kappa shape index (κ3) is 63.3. The van der Waals surface area contributed by atoms with E-state index in [4.69, 9.17) is 13.8 Å². The van der Waals surface area contributed by atoms with Crippen molar-refractivity contribution in [2.24, 2.45) is 0 Å². The first-order valence-electron chi connectivity index (χ1n) is 34.6. The fourth-order valence-corrected chi connectivity index (χ4v) is 10.4. The number of nitrogens with one attached hydrogen (secondary N) is 1. The van der Waals surface area contributed by atoms with E-state index in [9.17, 15) is 19.0 Å². The molecule has 83 heavy (non-hydrogen) atoms. The highest BCUT2D eigenvalue weighted by Crippen LogP contribution is 2.43. The van der Waals surface area contributed by atoms with Crippen molar-refractivity contribution in [3.63, 3.8) is 0 Å². The SMILES string of the molecule is CC/C=C\C/C=C\C/C=C\C/C=C\C/C=C\CCCCCCCCCCCC(=O)OC(/C=C\CCCCCCCCCCCCC)C(COP(=O)(O)OCC[N+](C)(C)C)NC(=O)CCCCCCCCCCC/C=C\C/C=C\CCCCC. The van der Waals surface area contributed by atoms with E-state index in [0.717, 1.165) is 122 Å². The van der Waals surface area contributed by atoms with Crippen LogP contribution in [-0.4, -0.2) is 74.3 Å². The van der Waals surface area contributed by atoms with Gasteiger partial charge in [0.1, 0.15) is 19.3 Å². The molecule has 0 aromatic rings. The number of phosphoric acid groups is 1. The van der Waals surface area contributed by atoms with Crippen molar-refractivity contribution in [2.75, 3.05) is 40.9 Å². The minimum atomic E-state index is -4.46. The Labute approximate surface area is 513 Å². The topological polar surface area (TPSA) is 111 Å². The maximum absolute atomic E-state index is 13.6. The minimum Gasteiger partial charge on any atom is -0.456 e. The first-order valence-corrected chi connectivity index (χ1v) is 36.1. The third-order valence-electron chi connectivity index (χ3n) is 15.0. The number of rotatable bonds is 62. The van der Waals surface area contributed by atoms with Crippen molar-refractivity contribution < 1.29 is 37.3 Å². The molecule has 0 aliphatic rings. The number of ether oxygens (including phenoxy) is 1. The number of phosphoric ester groups is 1. The largest absolute Gasteiger partial charge is 0.472 e. The van der Waals surface area contributed by atoms with Crippen molar-refractivity contribution in [2.45, 2.75) is 315 Å². The number of allylic oxidation sites excluding steroid dienone is 15. The summed E-state index contributed by atoms with van der Waals surface area (Å²) in [6.07, 6.45) is 84.0. The summed E-state index contributed by atoms with van der Waals surface area (Å²) >= 11 is 0. The van der Waals surface area contributed by atoms with E-state index in [2.05, 4.69) is 111 Å². The van der Waals surface area contributed by atoms with Crippen LogP contribution in [0.1, 0.15) is 303 Å². The molecular weight excluding hydrogens is 1050 g/mol. The predicted octanol–water partition coefficient (Wildman–Crippen LogP) is 21.9. The Hall–Kier alpha value is -3.07. The van der Waals surface area contributed by atoms with Gasteiger partial charge in [0.05, 0.1) is 33.8 Å². The number of carbonyl (C=O) groups is 2. The van der Waals surface area contributed by atoms with E-state index in [-0.39, 0.29) is 31.5 Å².